The molecule has 1 aliphatic carbocycles. The van der Waals surface area contributed by atoms with Gasteiger partial charge in [0.25, 0.3) is 0 Å². The van der Waals surface area contributed by atoms with Crippen molar-refractivity contribution in [2.75, 3.05) is 0 Å². The molecule has 1 aliphatic rings. The summed E-state index contributed by atoms with van der Waals surface area (Å²) in [7, 11) is 1.98. The van der Waals surface area contributed by atoms with Crippen LogP contribution in [0, 0.1) is 6.92 Å². The molecule has 0 aliphatic heterocycles. The Balaban J connectivity index is 1.54. The predicted octanol–water partition coefficient (Wildman–Crippen LogP) is 3.90. The summed E-state index contributed by atoms with van der Waals surface area (Å²) < 4.78 is 7.42. The lowest BCUT2D eigenvalue weighted by Gasteiger charge is -2.07. The lowest BCUT2D eigenvalue weighted by atomic mass is 10.1. The second-order valence-electron chi connectivity index (χ2n) is 6.26. The van der Waals surface area contributed by atoms with Crippen molar-refractivity contribution in [1.82, 2.24) is 24.9 Å². The molecule has 2 heterocycles. The molecule has 0 spiro atoms. The zero-order valence-electron chi connectivity index (χ0n) is 13.9. The smallest absolute Gasteiger partial charge is 0.239 e. The van der Waals surface area contributed by atoms with Crippen LogP contribution < -0.4 is 0 Å². The SMILES string of the molecule is Cc1cccc(-c2nnc(SC(C)c3nc(C4CC4)no3)n2C)c1. The Labute approximate surface area is 144 Å². The number of aryl methyl sites for hydroxylation is 1. The Kier molecular flexibility index (Phi) is 3.88. The van der Waals surface area contributed by atoms with E-state index in [0.29, 0.717) is 11.8 Å². The van der Waals surface area contributed by atoms with E-state index in [1.807, 2.05) is 17.7 Å². The van der Waals surface area contributed by atoms with Gasteiger partial charge in [0.1, 0.15) is 0 Å². The summed E-state index contributed by atoms with van der Waals surface area (Å²) in [5.74, 6) is 2.86. The van der Waals surface area contributed by atoms with E-state index in [4.69, 9.17) is 4.52 Å². The van der Waals surface area contributed by atoms with Crippen molar-refractivity contribution in [2.24, 2.45) is 7.05 Å². The first-order valence-electron chi connectivity index (χ1n) is 8.08. The molecule has 1 fully saturated rings. The number of nitrogens with zero attached hydrogens (tertiary/aromatic N) is 5. The van der Waals surface area contributed by atoms with Crippen LogP contribution in [0.15, 0.2) is 33.9 Å². The molecular formula is C17H19N5OS. The highest BCUT2D eigenvalue weighted by Gasteiger charge is 2.30. The van der Waals surface area contributed by atoms with E-state index in [1.165, 1.54) is 18.4 Å². The minimum atomic E-state index is 0.0401. The van der Waals surface area contributed by atoms with E-state index in [0.717, 1.165) is 22.4 Å². The van der Waals surface area contributed by atoms with Gasteiger partial charge in [-0.05, 0) is 32.8 Å². The Morgan fingerprint density at radius 2 is 2.12 bits per heavy atom. The van der Waals surface area contributed by atoms with E-state index in [2.05, 4.69) is 52.4 Å². The topological polar surface area (TPSA) is 69.6 Å². The summed E-state index contributed by atoms with van der Waals surface area (Å²) in [6, 6.07) is 8.27. The number of benzene rings is 1. The Morgan fingerprint density at radius 3 is 2.88 bits per heavy atom. The molecular weight excluding hydrogens is 322 g/mol. The molecule has 0 saturated heterocycles. The maximum atomic E-state index is 5.41. The fourth-order valence-electron chi connectivity index (χ4n) is 2.58. The number of thioether (sulfide) groups is 1. The van der Waals surface area contributed by atoms with Crippen molar-refractivity contribution in [2.45, 2.75) is 43.0 Å². The first-order chi connectivity index (χ1) is 11.6. The van der Waals surface area contributed by atoms with Crippen LogP contribution in [-0.2, 0) is 7.05 Å². The maximum Gasteiger partial charge on any atom is 0.239 e. The van der Waals surface area contributed by atoms with Crippen LogP contribution in [0.1, 0.15) is 48.2 Å². The number of rotatable bonds is 5. The van der Waals surface area contributed by atoms with Gasteiger partial charge in [-0.1, -0.05) is 40.7 Å². The first-order valence-corrected chi connectivity index (χ1v) is 8.96. The Bertz CT molecular complexity index is 868. The average Bonchev–Trinajstić information content (AvgIpc) is 3.19. The second kappa shape index (κ2) is 6.05. The van der Waals surface area contributed by atoms with Crippen molar-refractivity contribution in [1.29, 1.82) is 0 Å². The van der Waals surface area contributed by atoms with Gasteiger partial charge >= 0.3 is 0 Å². The van der Waals surface area contributed by atoms with Gasteiger partial charge in [-0.25, -0.2) is 0 Å². The van der Waals surface area contributed by atoms with E-state index in [9.17, 15) is 0 Å². The molecule has 1 atom stereocenters. The third-order valence-electron chi connectivity index (χ3n) is 4.14. The molecule has 0 bridgehead atoms. The Morgan fingerprint density at radius 1 is 1.29 bits per heavy atom. The monoisotopic (exact) mass is 341 g/mol. The summed E-state index contributed by atoms with van der Waals surface area (Å²) in [6.07, 6.45) is 2.34. The minimum Gasteiger partial charge on any atom is -0.338 e. The standard InChI is InChI=1S/C17H19N5OS/c1-10-5-4-6-13(9-10)15-19-20-17(22(15)3)24-11(2)16-18-14(21-23-16)12-7-8-12/h4-6,9,11-12H,7-8H2,1-3H3. The predicted molar refractivity (Wildman–Crippen MR) is 91.7 cm³/mol. The van der Waals surface area contributed by atoms with Crippen LogP contribution in [0.4, 0.5) is 0 Å². The number of hydrogen-bond acceptors (Lipinski definition) is 6. The number of hydrogen-bond donors (Lipinski definition) is 0. The van der Waals surface area contributed by atoms with E-state index in [1.54, 1.807) is 11.8 Å². The molecule has 0 N–H and O–H groups in total. The molecule has 0 radical (unpaired) electrons. The van der Waals surface area contributed by atoms with Gasteiger partial charge in [-0.15, -0.1) is 10.2 Å². The fourth-order valence-corrected chi connectivity index (χ4v) is 3.43. The zero-order chi connectivity index (χ0) is 16.7. The highest BCUT2D eigenvalue weighted by molar-refractivity contribution is 7.99. The van der Waals surface area contributed by atoms with Gasteiger partial charge in [-0.3, -0.25) is 0 Å². The molecule has 3 aromatic rings. The zero-order valence-corrected chi connectivity index (χ0v) is 14.7. The Hall–Kier alpha value is -2.15. The molecule has 2 aromatic heterocycles. The van der Waals surface area contributed by atoms with Crippen molar-refractivity contribution in [3.8, 4) is 11.4 Å². The van der Waals surface area contributed by atoms with Crippen molar-refractivity contribution >= 4 is 11.8 Å². The first kappa shape index (κ1) is 15.4. The quantitative estimate of drug-likeness (QED) is 0.656. The summed E-state index contributed by atoms with van der Waals surface area (Å²) in [6.45, 7) is 4.13. The highest BCUT2D eigenvalue weighted by Crippen LogP contribution is 2.40. The second-order valence-corrected chi connectivity index (χ2v) is 7.57. The summed E-state index contributed by atoms with van der Waals surface area (Å²) in [5, 5.41) is 13.6. The third-order valence-corrected chi connectivity index (χ3v) is 5.26. The molecule has 1 aromatic carbocycles. The van der Waals surface area contributed by atoms with Crippen molar-refractivity contribution < 1.29 is 4.52 Å². The van der Waals surface area contributed by atoms with E-state index >= 15 is 0 Å². The fraction of sp³-hybridized carbons (Fsp3) is 0.412. The van der Waals surface area contributed by atoms with Crippen LogP contribution in [-0.4, -0.2) is 24.9 Å². The van der Waals surface area contributed by atoms with Gasteiger partial charge < -0.3 is 9.09 Å². The lowest BCUT2D eigenvalue weighted by molar-refractivity contribution is 0.374. The van der Waals surface area contributed by atoms with Crippen LogP contribution in [0.25, 0.3) is 11.4 Å². The van der Waals surface area contributed by atoms with Gasteiger partial charge in [-0.2, -0.15) is 4.98 Å². The van der Waals surface area contributed by atoms with Gasteiger partial charge in [0.05, 0.1) is 5.25 Å². The van der Waals surface area contributed by atoms with Gasteiger partial charge in [0, 0.05) is 18.5 Å². The highest BCUT2D eigenvalue weighted by atomic mass is 32.2. The largest absolute Gasteiger partial charge is 0.338 e. The molecule has 6 nitrogen and oxygen atoms in total. The number of aromatic nitrogens is 5. The third kappa shape index (κ3) is 2.96. The van der Waals surface area contributed by atoms with E-state index in [-0.39, 0.29) is 5.25 Å². The molecule has 7 heteroatoms. The summed E-state index contributed by atoms with van der Waals surface area (Å²) >= 11 is 1.58. The lowest BCUT2D eigenvalue weighted by Crippen LogP contribution is -1.97. The summed E-state index contributed by atoms with van der Waals surface area (Å²) in [5.41, 5.74) is 2.27. The van der Waals surface area contributed by atoms with Crippen LogP contribution >= 0.6 is 11.8 Å². The molecule has 124 valence electrons. The van der Waals surface area contributed by atoms with Crippen LogP contribution in [0.5, 0.6) is 0 Å². The van der Waals surface area contributed by atoms with Crippen LogP contribution in [0.2, 0.25) is 0 Å². The maximum absolute atomic E-state index is 5.41. The van der Waals surface area contributed by atoms with E-state index < -0.39 is 0 Å². The minimum absolute atomic E-state index is 0.0401. The normalized spacial score (nSPS) is 15.6. The molecule has 1 saturated carbocycles. The van der Waals surface area contributed by atoms with Crippen LogP contribution in [0.3, 0.4) is 0 Å². The summed E-state index contributed by atoms with van der Waals surface area (Å²) in [4.78, 5) is 4.52. The van der Waals surface area contributed by atoms with Crippen molar-refractivity contribution in [3.05, 3.63) is 41.5 Å². The molecule has 0 amide bonds. The average molecular weight is 341 g/mol. The molecule has 1 unspecified atom stereocenters. The van der Waals surface area contributed by atoms with Crippen molar-refractivity contribution in [3.63, 3.8) is 0 Å². The van der Waals surface area contributed by atoms with Gasteiger partial charge in [0.15, 0.2) is 16.8 Å². The molecule has 4 rings (SSSR count). The molecule has 24 heavy (non-hydrogen) atoms. The van der Waals surface area contributed by atoms with Gasteiger partial charge in [0.2, 0.25) is 5.89 Å².